The molecule has 8 rings (SSSR count). The highest BCUT2D eigenvalue weighted by Crippen LogP contribution is 2.41. The van der Waals surface area contributed by atoms with Gasteiger partial charge in [0, 0.05) is 23.3 Å². The van der Waals surface area contributed by atoms with Crippen LogP contribution in [0.5, 0.6) is 0 Å². The highest BCUT2D eigenvalue weighted by Gasteiger charge is 2.18. The summed E-state index contributed by atoms with van der Waals surface area (Å²) in [7, 11) is 0. The van der Waals surface area contributed by atoms with Gasteiger partial charge >= 0.3 is 0 Å². The van der Waals surface area contributed by atoms with Crippen LogP contribution in [0.1, 0.15) is 11.1 Å². The molecule has 8 aromatic carbocycles. The van der Waals surface area contributed by atoms with Crippen molar-refractivity contribution in [3.05, 3.63) is 168 Å². The van der Waals surface area contributed by atoms with Gasteiger partial charge in [0.2, 0.25) is 0 Å². The van der Waals surface area contributed by atoms with E-state index >= 15 is 0 Å². The fraction of sp³-hybridized carbons (Fsp3) is 0. The van der Waals surface area contributed by atoms with E-state index in [4.69, 9.17) is 0 Å². The summed E-state index contributed by atoms with van der Waals surface area (Å²) in [6.07, 6.45) is 0. The maximum atomic E-state index is 14.4. The van der Waals surface area contributed by atoms with E-state index in [0.717, 1.165) is 77.5 Å². The molecule has 0 fully saturated rings. The van der Waals surface area contributed by atoms with Gasteiger partial charge in [-0.05, 0) is 89.6 Å². The summed E-state index contributed by atoms with van der Waals surface area (Å²) in [4.78, 5) is 0. The number of fused-ring (bicyclic) bond motifs is 4. The molecule has 0 saturated carbocycles. The number of hydrogen-bond acceptors (Lipinski definition) is 0. The first kappa shape index (κ1) is 27.6. The van der Waals surface area contributed by atoms with E-state index in [2.05, 4.69) is 11.8 Å². The third kappa shape index (κ3) is 4.57. The van der Waals surface area contributed by atoms with E-state index in [1.165, 1.54) is 24.3 Å². The van der Waals surface area contributed by atoms with Crippen LogP contribution in [0.4, 0.5) is 17.6 Å². The summed E-state index contributed by atoms with van der Waals surface area (Å²) < 4.78 is 57.7. The highest BCUT2D eigenvalue weighted by molar-refractivity contribution is 6.18. The molecule has 0 radical (unpaired) electrons. The summed E-state index contributed by atoms with van der Waals surface area (Å²) in [5.41, 5.74) is 3.94. The van der Waals surface area contributed by atoms with Gasteiger partial charge in [-0.2, -0.15) is 0 Å². The lowest BCUT2D eigenvalue weighted by atomic mass is 9.87. The van der Waals surface area contributed by atoms with Crippen molar-refractivity contribution in [3.63, 3.8) is 0 Å². The van der Waals surface area contributed by atoms with E-state index in [1.54, 1.807) is 0 Å². The van der Waals surface area contributed by atoms with Gasteiger partial charge in [-0.25, -0.2) is 17.6 Å². The molecule has 0 N–H and O–H groups in total. The quantitative estimate of drug-likeness (QED) is 0.105. The maximum Gasteiger partial charge on any atom is 0.126 e. The second-order valence-corrected chi connectivity index (χ2v) is 11.2. The minimum absolute atomic E-state index is 0.450. The average Bonchev–Trinajstić information content (AvgIpc) is 3.05. The van der Waals surface area contributed by atoms with E-state index in [-0.39, 0.29) is 0 Å². The molecule has 0 aliphatic carbocycles. The Labute approximate surface area is 262 Å². The predicted octanol–water partition coefficient (Wildman–Crippen LogP) is 11.6. The second kappa shape index (κ2) is 10.9. The number of benzene rings is 8. The lowest BCUT2D eigenvalue weighted by Crippen LogP contribution is -1.93. The van der Waals surface area contributed by atoms with Gasteiger partial charge in [-0.3, -0.25) is 0 Å². The topological polar surface area (TPSA) is 0 Å². The van der Waals surface area contributed by atoms with Crippen molar-refractivity contribution < 1.29 is 17.6 Å². The molecule has 46 heavy (non-hydrogen) atoms. The summed E-state index contributed by atoms with van der Waals surface area (Å²) >= 11 is 0. The molecular weight excluding hydrogens is 580 g/mol. The SMILES string of the molecule is Fc1cc(F)cc(-c2c3ccccc3c(C#Cc3c4ccccc4c(-c4cc(F)cc(F)c4)c4ccccc34)c3ccccc23)c1. The number of halogens is 4. The molecule has 0 nitrogen and oxygen atoms in total. The zero-order chi connectivity index (χ0) is 31.4. The first-order valence-corrected chi connectivity index (χ1v) is 14.8. The molecule has 0 spiro atoms. The minimum Gasteiger partial charge on any atom is -0.207 e. The van der Waals surface area contributed by atoms with Gasteiger partial charge in [0.15, 0.2) is 0 Å². The molecule has 0 bridgehead atoms. The number of hydrogen-bond donors (Lipinski definition) is 0. The molecule has 8 aromatic rings. The molecule has 0 aliphatic rings. The fourth-order valence-corrected chi connectivity index (χ4v) is 6.67. The lowest BCUT2D eigenvalue weighted by Gasteiger charge is -2.16. The van der Waals surface area contributed by atoms with Gasteiger partial charge < -0.3 is 0 Å². The van der Waals surface area contributed by atoms with Crippen LogP contribution in [0.25, 0.3) is 65.3 Å². The third-order valence-corrected chi connectivity index (χ3v) is 8.48. The maximum absolute atomic E-state index is 14.4. The van der Waals surface area contributed by atoms with Crippen molar-refractivity contribution in [2.24, 2.45) is 0 Å². The van der Waals surface area contributed by atoms with Crippen LogP contribution in [-0.4, -0.2) is 0 Å². The van der Waals surface area contributed by atoms with Crippen LogP contribution in [0, 0.1) is 35.1 Å². The van der Waals surface area contributed by atoms with Crippen molar-refractivity contribution >= 4 is 43.1 Å². The molecule has 0 heterocycles. The van der Waals surface area contributed by atoms with Crippen molar-refractivity contribution in [2.45, 2.75) is 0 Å². The Morgan fingerprint density at radius 2 is 0.543 bits per heavy atom. The molecule has 0 amide bonds. The average molecular weight is 603 g/mol. The summed E-state index contributed by atoms with van der Waals surface area (Å²) in [5.74, 6) is 4.41. The van der Waals surface area contributed by atoms with Gasteiger partial charge in [0.05, 0.1) is 0 Å². The number of rotatable bonds is 2. The molecule has 0 aromatic heterocycles. The van der Waals surface area contributed by atoms with Crippen molar-refractivity contribution in [1.29, 1.82) is 0 Å². The third-order valence-electron chi connectivity index (χ3n) is 8.48. The van der Waals surface area contributed by atoms with Gasteiger partial charge in [-0.15, -0.1) is 0 Å². The van der Waals surface area contributed by atoms with Crippen LogP contribution < -0.4 is 0 Å². The predicted molar refractivity (Wildman–Crippen MR) is 180 cm³/mol. The zero-order valence-electron chi connectivity index (χ0n) is 24.2. The minimum atomic E-state index is -0.643. The van der Waals surface area contributed by atoms with Gasteiger partial charge in [-0.1, -0.05) is 109 Å². The van der Waals surface area contributed by atoms with Gasteiger partial charge in [0.25, 0.3) is 0 Å². The van der Waals surface area contributed by atoms with Crippen molar-refractivity contribution in [3.8, 4) is 34.1 Å². The first-order valence-electron chi connectivity index (χ1n) is 14.8. The van der Waals surface area contributed by atoms with Crippen molar-refractivity contribution in [1.82, 2.24) is 0 Å². The van der Waals surface area contributed by atoms with Crippen LogP contribution in [-0.2, 0) is 0 Å². The summed E-state index contributed by atoms with van der Waals surface area (Å²) in [5, 5.41) is 6.73. The molecule has 0 atom stereocenters. The monoisotopic (exact) mass is 602 g/mol. The van der Waals surface area contributed by atoms with E-state index < -0.39 is 23.3 Å². The Morgan fingerprint density at radius 3 is 0.804 bits per heavy atom. The molecule has 4 heteroatoms. The van der Waals surface area contributed by atoms with Crippen LogP contribution in [0.2, 0.25) is 0 Å². The fourth-order valence-electron chi connectivity index (χ4n) is 6.67. The Kier molecular flexibility index (Phi) is 6.55. The highest BCUT2D eigenvalue weighted by atomic mass is 19.1. The molecule has 0 saturated heterocycles. The standard InChI is InChI=1S/C42H22F4/c43-27-19-25(20-28(44)23-27)41-37-13-5-1-9-31(37)35(32-10-2-6-14-38(32)41)17-18-36-33-11-3-7-15-39(33)42(40-16-8-4-12-34(36)40)26-21-29(45)24-30(46)22-26/h1-16,19-24H. The smallest absolute Gasteiger partial charge is 0.126 e. The summed E-state index contributed by atoms with van der Waals surface area (Å²) in [6.45, 7) is 0. The second-order valence-electron chi connectivity index (χ2n) is 11.2. The Morgan fingerprint density at radius 1 is 0.304 bits per heavy atom. The van der Waals surface area contributed by atoms with Crippen LogP contribution in [0.3, 0.4) is 0 Å². The first-order chi connectivity index (χ1) is 22.5. The van der Waals surface area contributed by atoms with E-state index in [9.17, 15) is 17.6 Å². The normalized spacial score (nSPS) is 11.3. The van der Waals surface area contributed by atoms with E-state index in [0.29, 0.717) is 11.1 Å². The Hall–Kier alpha value is -5.92. The van der Waals surface area contributed by atoms with Crippen LogP contribution in [0.15, 0.2) is 133 Å². The van der Waals surface area contributed by atoms with Gasteiger partial charge in [0.1, 0.15) is 23.3 Å². The Bertz CT molecular complexity index is 2250. The zero-order valence-corrected chi connectivity index (χ0v) is 24.2. The van der Waals surface area contributed by atoms with E-state index in [1.807, 2.05) is 97.1 Å². The molecular formula is C42H22F4. The summed E-state index contributed by atoms with van der Waals surface area (Å²) in [6, 6.07) is 38.2. The van der Waals surface area contributed by atoms with Crippen LogP contribution >= 0.6 is 0 Å². The Balaban J connectivity index is 1.45. The lowest BCUT2D eigenvalue weighted by molar-refractivity contribution is 0.583. The molecule has 218 valence electrons. The molecule has 0 unspecified atom stereocenters. The van der Waals surface area contributed by atoms with Crippen molar-refractivity contribution in [2.75, 3.05) is 0 Å². The molecule has 0 aliphatic heterocycles. The largest absolute Gasteiger partial charge is 0.207 e.